The van der Waals surface area contributed by atoms with E-state index in [0.29, 0.717) is 23.0 Å². The Balaban J connectivity index is 1.29. The van der Waals surface area contributed by atoms with Crippen molar-refractivity contribution in [3.05, 3.63) is 51.4 Å². The maximum absolute atomic E-state index is 12.7. The normalized spacial score (nSPS) is 17.4. The first-order valence-electron chi connectivity index (χ1n) is 10.5. The van der Waals surface area contributed by atoms with Crippen LogP contribution in [-0.4, -0.2) is 55.5 Å². The summed E-state index contributed by atoms with van der Waals surface area (Å²) in [6.07, 6.45) is 4.76. The zero-order chi connectivity index (χ0) is 22.0. The Labute approximate surface area is 191 Å². The minimum Gasteiger partial charge on any atom is -0.340 e. The molecule has 4 rings (SSSR count). The predicted molar refractivity (Wildman–Crippen MR) is 121 cm³/mol. The van der Waals surface area contributed by atoms with Crippen LogP contribution in [0, 0.1) is 0 Å². The molecule has 2 aromatic rings. The van der Waals surface area contributed by atoms with Gasteiger partial charge in [-0.1, -0.05) is 23.7 Å². The number of ketones is 1. The Hall–Kier alpha value is -1.74. The number of carbonyl (C=O) groups is 2. The molecule has 6 nitrogen and oxygen atoms in total. The molecule has 0 spiro atoms. The Bertz CT molecular complexity index is 1090. The molecule has 1 fully saturated rings. The molecule has 1 aliphatic carbocycles. The Morgan fingerprint density at radius 3 is 2.32 bits per heavy atom. The van der Waals surface area contributed by atoms with Gasteiger partial charge in [0.1, 0.15) is 4.21 Å². The van der Waals surface area contributed by atoms with Gasteiger partial charge in [-0.25, -0.2) is 8.42 Å². The molecule has 2 heterocycles. The highest BCUT2D eigenvalue weighted by molar-refractivity contribution is 7.91. The van der Waals surface area contributed by atoms with Crippen LogP contribution in [0.25, 0.3) is 0 Å². The van der Waals surface area contributed by atoms with Crippen LogP contribution in [0.15, 0.2) is 34.5 Å². The van der Waals surface area contributed by atoms with Gasteiger partial charge in [0, 0.05) is 44.6 Å². The van der Waals surface area contributed by atoms with E-state index in [-0.39, 0.29) is 41.8 Å². The summed E-state index contributed by atoms with van der Waals surface area (Å²) in [5.74, 6) is -0.125. The molecule has 1 aliphatic heterocycles. The van der Waals surface area contributed by atoms with E-state index in [4.69, 9.17) is 11.6 Å². The first-order chi connectivity index (χ1) is 14.8. The Kier molecular flexibility index (Phi) is 6.81. The number of amides is 1. The fraction of sp³-hybridized carbons (Fsp3) is 0.455. The summed E-state index contributed by atoms with van der Waals surface area (Å²) in [4.78, 5) is 26.8. The van der Waals surface area contributed by atoms with Crippen molar-refractivity contribution in [1.29, 1.82) is 0 Å². The van der Waals surface area contributed by atoms with Gasteiger partial charge in [-0.15, -0.1) is 11.3 Å². The Morgan fingerprint density at radius 1 is 0.935 bits per heavy atom. The zero-order valence-corrected chi connectivity index (χ0v) is 19.6. The molecule has 1 saturated heterocycles. The van der Waals surface area contributed by atoms with Gasteiger partial charge in [0.2, 0.25) is 5.91 Å². The number of sulfonamides is 1. The maximum atomic E-state index is 12.7. The number of aryl methyl sites for hydroxylation is 2. The number of fused-ring (bicyclic) bond motifs is 1. The van der Waals surface area contributed by atoms with E-state index in [1.807, 2.05) is 18.2 Å². The number of thiophene rings is 1. The SMILES string of the molecule is O=C(CCC(=O)N1CCN(S(=O)(=O)c2ccc(Cl)s2)CC1)c1ccc2c(c1)CCCC2. The third kappa shape index (κ3) is 5.03. The molecule has 1 aromatic heterocycles. The van der Waals surface area contributed by atoms with Gasteiger partial charge in [0.05, 0.1) is 4.34 Å². The van der Waals surface area contributed by atoms with E-state index in [0.717, 1.165) is 30.6 Å². The van der Waals surface area contributed by atoms with Crippen molar-refractivity contribution >= 4 is 44.7 Å². The number of rotatable bonds is 6. The molecule has 9 heteroatoms. The van der Waals surface area contributed by atoms with E-state index in [1.165, 1.54) is 27.9 Å². The average molecular weight is 481 g/mol. The number of carbonyl (C=O) groups excluding carboxylic acids is 2. The summed E-state index contributed by atoms with van der Waals surface area (Å²) in [5, 5.41) is 0. The fourth-order valence-corrected chi connectivity index (χ4v) is 7.23. The minimum absolute atomic E-state index is 0.0162. The van der Waals surface area contributed by atoms with Crippen molar-refractivity contribution in [1.82, 2.24) is 9.21 Å². The van der Waals surface area contributed by atoms with Crippen molar-refractivity contribution in [2.75, 3.05) is 26.2 Å². The summed E-state index contributed by atoms with van der Waals surface area (Å²) < 4.78 is 27.4. The lowest BCUT2D eigenvalue weighted by Crippen LogP contribution is -2.50. The molecule has 0 radical (unpaired) electrons. The number of benzene rings is 1. The molecule has 1 aromatic carbocycles. The van der Waals surface area contributed by atoms with Crippen molar-refractivity contribution in [3.8, 4) is 0 Å². The van der Waals surface area contributed by atoms with Crippen LogP contribution < -0.4 is 0 Å². The molecular weight excluding hydrogens is 456 g/mol. The van der Waals surface area contributed by atoms with Crippen LogP contribution >= 0.6 is 22.9 Å². The van der Waals surface area contributed by atoms with Crippen molar-refractivity contribution in [3.63, 3.8) is 0 Å². The third-order valence-corrected chi connectivity index (χ3v) is 9.57. The molecule has 0 bridgehead atoms. The van der Waals surface area contributed by atoms with Crippen molar-refractivity contribution < 1.29 is 18.0 Å². The number of hydrogen-bond donors (Lipinski definition) is 0. The van der Waals surface area contributed by atoms with Crippen LogP contribution in [-0.2, 0) is 27.7 Å². The predicted octanol–water partition coefficient (Wildman–Crippen LogP) is 3.78. The van der Waals surface area contributed by atoms with Gasteiger partial charge in [-0.3, -0.25) is 9.59 Å². The minimum atomic E-state index is -3.58. The van der Waals surface area contributed by atoms with Crippen LogP contribution in [0.4, 0.5) is 0 Å². The lowest BCUT2D eigenvalue weighted by Gasteiger charge is -2.33. The van der Waals surface area contributed by atoms with E-state index in [9.17, 15) is 18.0 Å². The summed E-state index contributed by atoms with van der Waals surface area (Å²) in [6, 6.07) is 8.98. The topological polar surface area (TPSA) is 74.8 Å². The number of halogens is 1. The van der Waals surface area contributed by atoms with Crippen LogP contribution in [0.1, 0.15) is 47.2 Å². The van der Waals surface area contributed by atoms with Gasteiger partial charge in [-0.05, 0) is 55.0 Å². The Morgan fingerprint density at radius 2 is 1.65 bits per heavy atom. The first kappa shape index (κ1) is 22.5. The summed E-state index contributed by atoms with van der Waals surface area (Å²) in [6.45, 7) is 1.12. The number of hydrogen-bond acceptors (Lipinski definition) is 5. The molecule has 166 valence electrons. The highest BCUT2D eigenvalue weighted by Gasteiger charge is 2.31. The van der Waals surface area contributed by atoms with Gasteiger partial charge < -0.3 is 4.90 Å². The largest absolute Gasteiger partial charge is 0.340 e. The lowest BCUT2D eigenvalue weighted by molar-refractivity contribution is -0.132. The third-order valence-electron chi connectivity index (χ3n) is 5.97. The summed E-state index contributed by atoms with van der Waals surface area (Å²) in [7, 11) is -3.58. The average Bonchev–Trinajstić information content (AvgIpc) is 3.24. The first-order valence-corrected chi connectivity index (χ1v) is 13.2. The van der Waals surface area contributed by atoms with E-state index >= 15 is 0 Å². The standard InChI is InChI=1S/C22H25ClN2O4S2/c23-20-8-10-22(30-20)31(28,29)25-13-11-24(12-14-25)21(27)9-7-19(26)18-6-5-16-3-1-2-4-17(16)15-18/h5-6,8,10,15H,1-4,7,9,11-14H2. The van der Waals surface area contributed by atoms with Crippen LogP contribution in [0.2, 0.25) is 4.34 Å². The van der Waals surface area contributed by atoms with Gasteiger partial charge in [-0.2, -0.15) is 4.31 Å². The molecule has 0 atom stereocenters. The molecule has 1 amide bonds. The smallest absolute Gasteiger partial charge is 0.252 e. The fourth-order valence-electron chi connectivity index (χ4n) is 4.17. The molecule has 0 saturated carbocycles. The molecule has 0 unspecified atom stereocenters. The van der Waals surface area contributed by atoms with Gasteiger partial charge in [0.15, 0.2) is 5.78 Å². The molecule has 31 heavy (non-hydrogen) atoms. The molecular formula is C22H25ClN2O4S2. The molecule has 2 aliphatic rings. The van der Waals surface area contributed by atoms with E-state index in [2.05, 4.69) is 0 Å². The van der Waals surface area contributed by atoms with Gasteiger partial charge in [0.25, 0.3) is 10.0 Å². The van der Waals surface area contributed by atoms with Crippen molar-refractivity contribution in [2.24, 2.45) is 0 Å². The highest BCUT2D eigenvalue weighted by Crippen LogP contribution is 2.29. The van der Waals surface area contributed by atoms with Crippen LogP contribution in [0.3, 0.4) is 0 Å². The maximum Gasteiger partial charge on any atom is 0.252 e. The van der Waals surface area contributed by atoms with Gasteiger partial charge >= 0.3 is 0 Å². The number of Topliss-reactive ketones (excluding diaryl/α,β-unsaturated/α-hetero) is 1. The second-order valence-corrected chi connectivity index (χ2v) is 11.8. The molecule has 0 N–H and O–H groups in total. The lowest BCUT2D eigenvalue weighted by atomic mass is 9.89. The van der Waals surface area contributed by atoms with E-state index < -0.39 is 10.0 Å². The summed E-state index contributed by atoms with van der Waals surface area (Å²) in [5.41, 5.74) is 3.27. The number of piperazine rings is 1. The highest BCUT2D eigenvalue weighted by atomic mass is 35.5. The number of nitrogens with zero attached hydrogens (tertiary/aromatic N) is 2. The second kappa shape index (κ2) is 9.40. The van der Waals surface area contributed by atoms with E-state index in [1.54, 1.807) is 11.0 Å². The summed E-state index contributed by atoms with van der Waals surface area (Å²) >= 11 is 6.90. The second-order valence-electron chi connectivity index (χ2n) is 7.96. The zero-order valence-electron chi connectivity index (χ0n) is 17.2. The quantitative estimate of drug-likeness (QED) is 0.590. The monoisotopic (exact) mass is 480 g/mol. The van der Waals surface area contributed by atoms with Crippen LogP contribution in [0.5, 0.6) is 0 Å². The van der Waals surface area contributed by atoms with Crippen molar-refractivity contribution in [2.45, 2.75) is 42.7 Å².